The Balaban J connectivity index is 1.32. The first-order valence-corrected chi connectivity index (χ1v) is 18.5. The number of hydrogen-bond donors (Lipinski definition) is 0. The summed E-state index contributed by atoms with van der Waals surface area (Å²) in [6, 6.07) is 9.22. The molecule has 3 amide bonds. The van der Waals surface area contributed by atoms with Crippen LogP contribution >= 0.6 is 0 Å². The molecule has 2 fully saturated rings. The van der Waals surface area contributed by atoms with Crippen molar-refractivity contribution < 1.29 is 37.0 Å². The molecule has 0 N–H and O–H groups in total. The fourth-order valence-corrected chi connectivity index (χ4v) is 8.01. The Labute approximate surface area is 278 Å². The molecule has 2 aromatic rings. The first-order valence-electron chi connectivity index (χ1n) is 16.4. The molecule has 0 saturated carbocycles. The van der Waals surface area contributed by atoms with Crippen LogP contribution in [0.3, 0.4) is 0 Å². The van der Waals surface area contributed by atoms with Gasteiger partial charge in [0.05, 0.1) is 42.3 Å². The number of carbonyl (C=O) groups excluding carboxylic acids is 3. The Morgan fingerprint density at radius 1 is 0.936 bits per heavy atom. The third-order valence-electron chi connectivity index (χ3n) is 9.31. The van der Waals surface area contributed by atoms with Crippen LogP contribution in [0.5, 0.6) is 11.5 Å². The van der Waals surface area contributed by atoms with Crippen molar-refractivity contribution in [2.24, 2.45) is 11.8 Å². The molecule has 256 valence electrons. The number of imide groups is 1. The van der Waals surface area contributed by atoms with Crippen LogP contribution in [0.15, 0.2) is 36.4 Å². The molecule has 0 bridgehead atoms. The van der Waals surface area contributed by atoms with Crippen LogP contribution in [-0.2, 0) is 14.6 Å². The summed E-state index contributed by atoms with van der Waals surface area (Å²) in [5, 5.41) is 0. The normalized spacial score (nSPS) is 18.7. The number of hydrogen-bond acceptors (Lipinski definition) is 9. The van der Waals surface area contributed by atoms with Crippen molar-refractivity contribution in [2.75, 3.05) is 56.8 Å². The van der Waals surface area contributed by atoms with Gasteiger partial charge in [-0.15, -0.1) is 0 Å². The zero-order valence-corrected chi connectivity index (χ0v) is 29.1. The lowest BCUT2D eigenvalue weighted by Gasteiger charge is -2.41. The molecular formula is C35H47N3O8S. The lowest BCUT2D eigenvalue weighted by Crippen LogP contribution is -2.44. The predicted octanol–water partition coefficient (Wildman–Crippen LogP) is 5.34. The van der Waals surface area contributed by atoms with Crippen LogP contribution in [0.2, 0.25) is 0 Å². The maximum Gasteiger partial charge on any atom is 0.410 e. The largest absolute Gasteiger partial charge is 0.493 e. The molecule has 2 aromatic carbocycles. The summed E-state index contributed by atoms with van der Waals surface area (Å²) in [6.45, 7) is 10.7. The predicted molar refractivity (Wildman–Crippen MR) is 179 cm³/mol. The molecule has 1 atom stereocenters. The van der Waals surface area contributed by atoms with Gasteiger partial charge in [0.2, 0.25) is 0 Å². The molecule has 3 aliphatic rings. The van der Waals surface area contributed by atoms with E-state index >= 15 is 0 Å². The number of ether oxygens (including phenoxy) is 3. The van der Waals surface area contributed by atoms with Gasteiger partial charge >= 0.3 is 6.09 Å². The molecule has 3 aliphatic heterocycles. The van der Waals surface area contributed by atoms with Crippen LogP contribution in [0.1, 0.15) is 85.7 Å². The highest BCUT2D eigenvalue weighted by molar-refractivity contribution is 7.90. The number of sulfone groups is 1. The van der Waals surface area contributed by atoms with Crippen LogP contribution in [-0.4, -0.2) is 93.6 Å². The van der Waals surface area contributed by atoms with Gasteiger partial charge < -0.3 is 24.0 Å². The van der Waals surface area contributed by atoms with E-state index in [0.29, 0.717) is 59.8 Å². The molecule has 12 heteroatoms. The van der Waals surface area contributed by atoms with Gasteiger partial charge in [0.15, 0.2) is 11.5 Å². The monoisotopic (exact) mass is 669 g/mol. The second-order valence-electron chi connectivity index (χ2n) is 13.8. The molecule has 0 aliphatic carbocycles. The summed E-state index contributed by atoms with van der Waals surface area (Å²) in [6.07, 6.45) is 4.60. The summed E-state index contributed by atoms with van der Waals surface area (Å²) < 4.78 is 41.9. The average Bonchev–Trinajstić information content (AvgIpc) is 3.28. The highest BCUT2D eigenvalue weighted by atomic mass is 32.2. The van der Waals surface area contributed by atoms with Crippen molar-refractivity contribution in [3.05, 3.63) is 53.1 Å². The Kier molecular flexibility index (Phi) is 10.1. The van der Waals surface area contributed by atoms with Gasteiger partial charge in [0.25, 0.3) is 11.8 Å². The Bertz CT molecular complexity index is 1600. The van der Waals surface area contributed by atoms with E-state index in [-0.39, 0.29) is 11.7 Å². The van der Waals surface area contributed by atoms with E-state index in [2.05, 4.69) is 4.90 Å². The quantitative estimate of drug-likeness (QED) is 0.326. The van der Waals surface area contributed by atoms with Gasteiger partial charge in [-0.05, 0) is 95.0 Å². The van der Waals surface area contributed by atoms with Gasteiger partial charge in [-0.2, -0.15) is 0 Å². The summed E-state index contributed by atoms with van der Waals surface area (Å²) in [5.41, 5.74) is 1.25. The van der Waals surface area contributed by atoms with E-state index in [1.165, 1.54) is 7.11 Å². The smallest absolute Gasteiger partial charge is 0.410 e. The zero-order chi connectivity index (χ0) is 34.1. The molecule has 0 spiro atoms. The van der Waals surface area contributed by atoms with Crippen molar-refractivity contribution >= 4 is 33.4 Å². The van der Waals surface area contributed by atoms with E-state index in [0.717, 1.165) is 49.9 Å². The lowest BCUT2D eigenvalue weighted by molar-refractivity contribution is 0.0152. The van der Waals surface area contributed by atoms with Gasteiger partial charge in [0, 0.05) is 32.4 Å². The summed E-state index contributed by atoms with van der Waals surface area (Å²) >= 11 is 0. The number of carbonyl (C=O) groups is 3. The second kappa shape index (κ2) is 13.7. The van der Waals surface area contributed by atoms with Crippen molar-refractivity contribution in [3.63, 3.8) is 0 Å². The number of nitrogens with zero attached hydrogens (tertiary/aromatic N) is 3. The van der Waals surface area contributed by atoms with Crippen LogP contribution in [0.4, 0.5) is 10.5 Å². The Hall–Kier alpha value is -3.80. The molecule has 11 nitrogen and oxygen atoms in total. The molecular weight excluding hydrogens is 622 g/mol. The van der Waals surface area contributed by atoms with E-state index in [9.17, 15) is 22.8 Å². The lowest BCUT2D eigenvalue weighted by atomic mass is 9.78. The van der Waals surface area contributed by atoms with E-state index in [1.807, 2.05) is 33.8 Å². The summed E-state index contributed by atoms with van der Waals surface area (Å²) in [4.78, 5) is 45.7. The van der Waals surface area contributed by atoms with Gasteiger partial charge in [-0.1, -0.05) is 12.1 Å². The minimum absolute atomic E-state index is 0.252. The number of fused-ring (bicyclic) bond motifs is 1. The maximum absolute atomic E-state index is 14.2. The SMILES string of the molecule is CCOc1cc([C@@H](CS(C)(=O)=O)N2C(=O)c3cccc(N4CCC(C5CCN(C(=O)OC(C)(C)C)CC5)CC4)c3C2=O)ccc1OC. The first-order chi connectivity index (χ1) is 22.2. The topological polar surface area (TPSA) is 123 Å². The van der Waals surface area contributed by atoms with Crippen molar-refractivity contribution in [2.45, 2.75) is 65.0 Å². The summed E-state index contributed by atoms with van der Waals surface area (Å²) in [7, 11) is -2.10. The van der Waals surface area contributed by atoms with Crippen molar-refractivity contribution in [3.8, 4) is 11.5 Å². The zero-order valence-electron chi connectivity index (χ0n) is 28.3. The molecule has 2 saturated heterocycles. The highest BCUT2D eigenvalue weighted by Gasteiger charge is 2.44. The summed E-state index contributed by atoms with van der Waals surface area (Å²) in [5.74, 6) is 0.451. The Morgan fingerprint density at radius 3 is 2.15 bits per heavy atom. The number of benzene rings is 2. The van der Waals surface area contributed by atoms with Crippen LogP contribution in [0, 0.1) is 11.8 Å². The third kappa shape index (κ3) is 7.69. The third-order valence-corrected chi connectivity index (χ3v) is 10.2. The molecule has 0 radical (unpaired) electrons. The fourth-order valence-electron chi connectivity index (χ4n) is 7.10. The number of amides is 3. The van der Waals surface area contributed by atoms with E-state index in [4.69, 9.17) is 14.2 Å². The standard InChI is InChI=1S/C35H47N3O8S/c1-7-45-30-21-25(11-12-29(30)44-5)28(22-47(6,42)43)38-32(39)26-9-8-10-27(31(26)33(38)40)36-17-13-23(14-18-36)24-15-19-37(20-16-24)34(41)46-35(2,3)4/h8-12,21,23-24,28H,7,13-20,22H2,1-6H3/t28-/m1/s1. The van der Waals surface area contributed by atoms with Gasteiger partial charge in [0.1, 0.15) is 15.4 Å². The van der Waals surface area contributed by atoms with Crippen molar-refractivity contribution in [1.29, 1.82) is 0 Å². The minimum Gasteiger partial charge on any atom is -0.493 e. The molecule has 5 rings (SSSR count). The van der Waals surface area contributed by atoms with Crippen LogP contribution < -0.4 is 14.4 Å². The first kappa shape index (κ1) is 34.5. The molecule has 3 heterocycles. The Morgan fingerprint density at radius 2 is 1.57 bits per heavy atom. The number of anilines is 1. The number of piperidine rings is 2. The highest BCUT2D eigenvalue weighted by Crippen LogP contribution is 2.41. The average molecular weight is 670 g/mol. The minimum atomic E-state index is -3.61. The van der Waals surface area contributed by atoms with Crippen LogP contribution in [0.25, 0.3) is 0 Å². The molecule has 0 unspecified atom stereocenters. The number of rotatable bonds is 9. The van der Waals surface area contributed by atoms with E-state index in [1.54, 1.807) is 35.2 Å². The fraction of sp³-hybridized carbons (Fsp3) is 0.571. The molecule has 0 aromatic heterocycles. The van der Waals surface area contributed by atoms with Gasteiger partial charge in [-0.25, -0.2) is 13.2 Å². The second-order valence-corrected chi connectivity index (χ2v) is 15.9. The number of methoxy groups -OCH3 is 1. The molecule has 47 heavy (non-hydrogen) atoms. The van der Waals surface area contributed by atoms with Gasteiger partial charge in [-0.3, -0.25) is 14.5 Å². The van der Waals surface area contributed by atoms with E-state index < -0.39 is 39.0 Å². The van der Waals surface area contributed by atoms with Crippen molar-refractivity contribution in [1.82, 2.24) is 9.80 Å². The number of likely N-dealkylation sites (tertiary alicyclic amines) is 1. The maximum atomic E-state index is 14.2.